The Labute approximate surface area is 154 Å². The summed E-state index contributed by atoms with van der Waals surface area (Å²) < 4.78 is 10.00. The van der Waals surface area contributed by atoms with E-state index in [1.165, 1.54) is 13.2 Å². The first kappa shape index (κ1) is 18.0. The number of hydrogen-bond acceptors (Lipinski definition) is 6. The molecule has 27 heavy (non-hydrogen) atoms. The van der Waals surface area contributed by atoms with Crippen molar-refractivity contribution >= 4 is 34.3 Å². The zero-order valence-corrected chi connectivity index (χ0v) is 14.6. The lowest BCUT2D eigenvalue weighted by molar-refractivity contribution is 0.0963. The standard InChI is InChI=1S/C19H17N3O5/c1-20-18(23)11-3-8-15-14(9-11)17(16(10-21-15)27-19(24)25)22-12-4-6-13(26-2)7-5-12/h3-10H,1-2H3,(H,20,23)(H,21,22)(H,24,25). The maximum atomic E-state index is 12.0. The number of amides is 1. The van der Waals surface area contributed by atoms with E-state index in [1.54, 1.807) is 49.6 Å². The van der Waals surface area contributed by atoms with Gasteiger partial charge in [0.25, 0.3) is 5.91 Å². The Hall–Kier alpha value is -3.81. The van der Waals surface area contributed by atoms with Crippen molar-refractivity contribution in [1.29, 1.82) is 0 Å². The van der Waals surface area contributed by atoms with E-state index in [0.29, 0.717) is 33.6 Å². The van der Waals surface area contributed by atoms with Gasteiger partial charge in [0.1, 0.15) is 5.75 Å². The van der Waals surface area contributed by atoms with Crippen LogP contribution in [0.15, 0.2) is 48.7 Å². The topological polar surface area (TPSA) is 110 Å². The molecule has 0 unspecified atom stereocenters. The zero-order chi connectivity index (χ0) is 19.4. The molecule has 0 radical (unpaired) electrons. The average molecular weight is 367 g/mol. The second-order valence-electron chi connectivity index (χ2n) is 5.53. The predicted molar refractivity (Wildman–Crippen MR) is 100 cm³/mol. The molecule has 0 atom stereocenters. The molecule has 3 rings (SSSR count). The van der Waals surface area contributed by atoms with Crippen LogP contribution in [0.4, 0.5) is 16.2 Å². The largest absolute Gasteiger partial charge is 0.511 e. The smallest absolute Gasteiger partial charge is 0.497 e. The molecule has 0 aliphatic rings. The summed E-state index contributed by atoms with van der Waals surface area (Å²) in [6, 6.07) is 12.0. The van der Waals surface area contributed by atoms with Gasteiger partial charge in [0, 0.05) is 23.7 Å². The van der Waals surface area contributed by atoms with Crippen molar-refractivity contribution in [2.24, 2.45) is 0 Å². The highest BCUT2D eigenvalue weighted by Crippen LogP contribution is 2.35. The number of methoxy groups -OCH3 is 1. The number of aromatic nitrogens is 1. The second kappa shape index (κ2) is 7.61. The molecule has 1 heterocycles. The molecule has 0 aliphatic heterocycles. The van der Waals surface area contributed by atoms with E-state index in [9.17, 15) is 9.59 Å². The highest BCUT2D eigenvalue weighted by Gasteiger charge is 2.15. The molecule has 1 aromatic heterocycles. The van der Waals surface area contributed by atoms with Crippen LogP contribution in [-0.2, 0) is 0 Å². The number of hydrogen-bond donors (Lipinski definition) is 3. The van der Waals surface area contributed by atoms with Gasteiger partial charge in [-0.2, -0.15) is 0 Å². The summed E-state index contributed by atoms with van der Waals surface area (Å²) in [4.78, 5) is 27.2. The van der Waals surface area contributed by atoms with E-state index in [0.717, 1.165) is 0 Å². The van der Waals surface area contributed by atoms with Crippen LogP contribution < -0.4 is 20.1 Å². The van der Waals surface area contributed by atoms with Gasteiger partial charge in [-0.3, -0.25) is 9.78 Å². The summed E-state index contributed by atoms with van der Waals surface area (Å²) >= 11 is 0. The average Bonchev–Trinajstić information content (AvgIpc) is 2.69. The lowest BCUT2D eigenvalue weighted by Crippen LogP contribution is -2.17. The van der Waals surface area contributed by atoms with Crippen molar-refractivity contribution in [3.8, 4) is 11.5 Å². The lowest BCUT2D eigenvalue weighted by atomic mass is 10.1. The van der Waals surface area contributed by atoms with Crippen molar-refractivity contribution in [2.75, 3.05) is 19.5 Å². The van der Waals surface area contributed by atoms with E-state index < -0.39 is 6.16 Å². The van der Waals surface area contributed by atoms with Gasteiger partial charge in [-0.1, -0.05) is 0 Å². The third-order valence-electron chi connectivity index (χ3n) is 3.88. The van der Waals surface area contributed by atoms with Crippen LogP contribution in [0.1, 0.15) is 10.4 Å². The molecule has 138 valence electrons. The fraction of sp³-hybridized carbons (Fsp3) is 0.105. The number of nitrogens with one attached hydrogen (secondary N) is 2. The second-order valence-corrected chi connectivity index (χ2v) is 5.53. The zero-order valence-electron chi connectivity index (χ0n) is 14.6. The van der Waals surface area contributed by atoms with E-state index in [4.69, 9.17) is 14.6 Å². The molecule has 3 N–H and O–H groups in total. The Morgan fingerprint density at radius 3 is 2.48 bits per heavy atom. The highest BCUT2D eigenvalue weighted by molar-refractivity contribution is 6.03. The first-order valence-corrected chi connectivity index (χ1v) is 7.98. The van der Waals surface area contributed by atoms with Crippen molar-refractivity contribution < 1.29 is 24.2 Å². The van der Waals surface area contributed by atoms with Gasteiger partial charge in [0.05, 0.1) is 24.5 Å². The number of fused-ring (bicyclic) bond motifs is 1. The summed E-state index contributed by atoms with van der Waals surface area (Å²) in [5, 5.41) is 15.3. The Morgan fingerprint density at radius 2 is 1.85 bits per heavy atom. The molecule has 1 amide bonds. The highest BCUT2D eigenvalue weighted by atomic mass is 16.7. The summed E-state index contributed by atoms with van der Waals surface area (Å²) in [5.74, 6) is 0.445. The van der Waals surface area contributed by atoms with Crippen molar-refractivity contribution in [2.45, 2.75) is 0 Å². The predicted octanol–water partition coefficient (Wildman–Crippen LogP) is 3.40. The maximum Gasteiger partial charge on any atom is 0.511 e. The molecular formula is C19H17N3O5. The molecule has 0 saturated heterocycles. The number of carbonyl (C=O) groups is 2. The number of ether oxygens (including phenoxy) is 2. The number of carboxylic acid groups (broad SMARTS) is 1. The Morgan fingerprint density at radius 1 is 1.11 bits per heavy atom. The van der Waals surface area contributed by atoms with Crippen LogP contribution in [0.2, 0.25) is 0 Å². The lowest BCUT2D eigenvalue weighted by Gasteiger charge is -2.14. The minimum Gasteiger partial charge on any atom is -0.497 e. The fourth-order valence-corrected chi connectivity index (χ4v) is 2.58. The van der Waals surface area contributed by atoms with Gasteiger partial charge in [0.2, 0.25) is 0 Å². The van der Waals surface area contributed by atoms with E-state index in [1.807, 2.05) is 0 Å². The minimum absolute atomic E-state index is 0.0277. The first-order valence-electron chi connectivity index (χ1n) is 7.98. The van der Waals surface area contributed by atoms with Gasteiger partial charge < -0.3 is 25.2 Å². The first-order chi connectivity index (χ1) is 13.0. The molecule has 0 spiro atoms. The number of nitrogens with zero attached hydrogens (tertiary/aromatic N) is 1. The fourth-order valence-electron chi connectivity index (χ4n) is 2.58. The van der Waals surface area contributed by atoms with Gasteiger partial charge in [-0.25, -0.2) is 4.79 Å². The van der Waals surface area contributed by atoms with Crippen LogP contribution >= 0.6 is 0 Å². The quantitative estimate of drug-likeness (QED) is 0.593. The third kappa shape index (κ3) is 3.90. The molecule has 0 bridgehead atoms. The molecule has 0 aliphatic carbocycles. The summed E-state index contributed by atoms with van der Waals surface area (Å²) in [6.45, 7) is 0. The van der Waals surface area contributed by atoms with Crippen LogP contribution in [0.25, 0.3) is 10.9 Å². The Bertz CT molecular complexity index is 1000. The molecule has 2 aromatic carbocycles. The van der Waals surface area contributed by atoms with Crippen molar-refractivity contribution in [1.82, 2.24) is 10.3 Å². The van der Waals surface area contributed by atoms with Gasteiger partial charge in [0.15, 0.2) is 5.75 Å². The van der Waals surface area contributed by atoms with Crippen molar-refractivity contribution in [3.05, 3.63) is 54.2 Å². The summed E-state index contributed by atoms with van der Waals surface area (Å²) in [7, 11) is 3.10. The summed E-state index contributed by atoms with van der Waals surface area (Å²) in [5.41, 5.74) is 2.07. The van der Waals surface area contributed by atoms with E-state index in [-0.39, 0.29) is 11.7 Å². The number of rotatable bonds is 5. The molecule has 8 heteroatoms. The monoisotopic (exact) mass is 367 g/mol. The van der Waals surface area contributed by atoms with Crippen LogP contribution in [-0.4, -0.2) is 36.3 Å². The van der Waals surface area contributed by atoms with Gasteiger partial charge in [-0.05, 0) is 42.5 Å². The molecule has 0 saturated carbocycles. The Kier molecular flexibility index (Phi) is 5.07. The van der Waals surface area contributed by atoms with Crippen molar-refractivity contribution in [3.63, 3.8) is 0 Å². The molecular weight excluding hydrogens is 350 g/mol. The number of anilines is 2. The number of pyridine rings is 1. The van der Waals surface area contributed by atoms with Crippen LogP contribution in [0.5, 0.6) is 11.5 Å². The molecule has 0 fully saturated rings. The van der Waals surface area contributed by atoms with Crippen LogP contribution in [0, 0.1) is 0 Å². The number of benzene rings is 2. The summed E-state index contributed by atoms with van der Waals surface area (Å²) in [6.07, 6.45) is -0.140. The van der Waals surface area contributed by atoms with E-state index >= 15 is 0 Å². The number of carbonyl (C=O) groups excluding carboxylic acids is 1. The maximum absolute atomic E-state index is 12.0. The minimum atomic E-state index is -1.46. The van der Waals surface area contributed by atoms with Gasteiger partial charge >= 0.3 is 6.16 Å². The normalized spacial score (nSPS) is 10.3. The van der Waals surface area contributed by atoms with Gasteiger partial charge in [-0.15, -0.1) is 0 Å². The van der Waals surface area contributed by atoms with E-state index in [2.05, 4.69) is 15.6 Å². The third-order valence-corrected chi connectivity index (χ3v) is 3.88. The van der Waals surface area contributed by atoms with Crippen LogP contribution in [0.3, 0.4) is 0 Å². The molecule has 3 aromatic rings. The molecule has 8 nitrogen and oxygen atoms in total. The Balaban J connectivity index is 2.13. The SMILES string of the molecule is CNC(=O)c1ccc2ncc(OC(=O)O)c(Nc3ccc(OC)cc3)c2c1.